The van der Waals surface area contributed by atoms with Gasteiger partial charge in [-0.2, -0.15) is 5.10 Å². The monoisotopic (exact) mass is 357 g/mol. The van der Waals surface area contributed by atoms with Crippen LogP contribution in [0.2, 0.25) is 0 Å². The number of hydrogen-bond acceptors (Lipinski definition) is 5. The van der Waals surface area contributed by atoms with Crippen molar-refractivity contribution in [1.29, 1.82) is 0 Å². The molecule has 25 heavy (non-hydrogen) atoms. The molecule has 2 amide bonds. The molecule has 1 saturated heterocycles. The molecule has 0 unspecified atom stereocenters. The van der Waals surface area contributed by atoms with Crippen LogP contribution in [0.15, 0.2) is 18.9 Å². The zero-order chi connectivity index (χ0) is 17.6. The molecule has 2 aliphatic rings. The van der Waals surface area contributed by atoms with Crippen LogP contribution in [0.25, 0.3) is 11.3 Å². The van der Waals surface area contributed by atoms with E-state index in [1.54, 1.807) is 11.0 Å². The van der Waals surface area contributed by atoms with Crippen molar-refractivity contribution in [3.05, 3.63) is 29.4 Å². The molecular weight excluding hydrogens is 338 g/mol. The third-order valence-electron chi connectivity index (χ3n) is 4.77. The molecule has 130 valence electrons. The lowest BCUT2D eigenvalue weighted by molar-refractivity contribution is -0.127. The van der Waals surface area contributed by atoms with Crippen LogP contribution >= 0.6 is 11.3 Å². The first-order valence-corrected chi connectivity index (χ1v) is 9.09. The highest BCUT2D eigenvalue weighted by Gasteiger charge is 2.34. The predicted molar refractivity (Wildman–Crippen MR) is 95.2 cm³/mol. The topological polar surface area (TPSA) is 80.1 Å². The summed E-state index contributed by atoms with van der Waals surface area (Å²) in [5.41, 5.74) is 3.15. The van der Waals surface area contributed by atoms with Crippen molar-refractivity contribution in [1.82, 2.24) is 19.7 Å². The highest BCUT2D eigenvalue weighted by molar-refractivity contribution is 7.16. The summed E-state index contributed by atoms with van der Waals surface area (Å²) >= 11 is 1.51. The summed E-state index contributed by atoms with van der Waals surface area (Å²) in [5.74, 6) is -0.474. The summed E-state index contributed by atoms with van der Waals surface area (Å²) < 4.78 is 1.88. The molecule has 0 spiro atoms. The molecule has 0 bridgehead atoms. The Hall–Kier alpha value is -2.48. The molecule has 1 aliphatic carbocycles. The Morgan fingerprint density at radius 3 is 3.16 bits per heavy atom. The molecule has 2 aromatic rings. The number of anilines is 1. The summed E-state index contributed by atoms with van der Waals surface area (Å²) in [4.78, 5) is 31.9. The van der Waals surface area contributed by atoms with E-state index in [-0.39, 0.29) is 24.2 Å². The number of fused-ring (bicyclic) bond motifs is 3. The van der Waals surface area contributed by atoms with E-state index in [9.17, 15) is 9.59 Å². The Labute approximate surface area is 149 Å². The van der Waals surface area contributed by atoms with Gasteiger partial charge in [0.25, 0.3) is 0 Å². The van der Waals surface area contributed by atoms with Crippen LogP contribution in [-0.2, 0) is 29.5 Å². The first-order valence-electron chi connectivity index (χ1n) is 8.27. The van der Waals surface area contributed by atoms with Crippen molar-refractivity contribution in [2.45, 2.75) is 19.3 Å². The quantitative estimate of drug-likeness (QED) is 0.843. The smallest absolute Gasteiger partial charge is 0.231 e. The van der Waals surface area contributed by atoms with E-state index in [2.05, 4.69) is 22.0 Å². The van der Waals surface area contributed by atoms with Gasteiger partial charge >= 0.3 is 0 Å². The standard InChI is InChI=1S/C17H19N5O2S/c1-3-6-22-9-10(7-14(22)23)16(24)20-17-19-15-11-8-18-21(2)12(11)4-5-13(15)25-17/h3,8,10H,1,4-7,9H2,2H3,(H,19,20,24)/t10-/m0/s1. The summed E-state index contributed by atoms with van der Waals surface area (Å²) in [6.07, 6.45) is 5.60. The number of hydrogen-bond donors (Lipinski definition) is 1. The van der Waals surface area contributed by atoms with Crippen LogP contribution in [0.4, 0.5) is 5.13 Å². The van der Waals surface area contributed by atoms with E-state index in [0.717, 1.165) is 24.1 Å². The van der Waals surface area contributed by atoms with Gasteiger partial charge in [-0.3, -0.25) is 14.3 Å². The van der Waals surface area contributed by atoms with Gasteiger partial charge in [0.15, 0.2) is 5.13 Å². The lowest BCUT2D eigenvalue weighted by atomic mass is 10.0. The molecule has 3 heterocycles. The number of likely N-dealkylation sites (tertiary alicyclic amines) is 1. The molecule has 4 rings (SSSR count). The molecule has 1 aliphatic heterocycles. The largest absolute Gasteiger partial charge is 0.338 e. The third-order valence-corrected chi connectivity index (χ3v) is 5.80. The fourth-order valence-electron chi connectivity index (χ4n) is 3.46. The number of carbonyl (C=O) groups excluding carboxylic acids is 2. The van der Waals surface area contributed by atoms with Crippen LogP contribution in [-0.4, -0.2) is 44.6 Å². The van der Waals surface area contributed by atoms with E-state index >= 15 is 0 Å². The number of carbonyl (C=O) groups is 2. The lowest BCUT2D eigenvalue weighted by Crippen LogP contribution is -2.28. The van der Waals surface area contributed by atoms with Crippen LogP contribution in [0.1, 0.15) is 17.0 Å². The maximum atomic E-state index is 12.5. The van der Waals surface area contributed by atoms with Gasteiger partial charge in [-0.05, 0) is 12.8 Å². The normalized spacial score (nSPS) is 18.8. The van der Waals surface area contributed by atoms with E-state index in [1.165, 1.54) is 21.9 Å². The Bertz CT molecular complexity index is 869. The van der Waals surface area contributed by atoms with Crippen LogP contribution < -0.4 is 5.32 Å². The van der Waals surface area contributed by atoms with E-state index < -0.39 is 0 Å². The first-order chi connectivity index (χ1) is 12.1. The van der Waals surface area contributed by atoms with E-state index in [0.29, 0.717) is 18.2 Å². The molecule has 2 aromatic heterocycles. The van der Waals surface area contributed by atoms with Crippen molar-refractivity contribution in [2.24, 2.45) is 13.0 Å². The zero-order valence-corrected chi connectivity index (χ0v) is 14.8. The van der Waals surface area contributed by atoms with E-state index in [4.69, 9.17) is 0 Å². The molecule has 0 aromatic carbocycles. The molecule has 1 N–H and O–H groups in total. The molecule has 7 nitrogen and oxygen atoms in total. The molecule has 0 radical (unpaired) electrons. The Morgan fingerprint density at radius 1 is 1.52 bits per heavy atom. The summed E-state index contributed by atoms with van der Waals surface area (Å²) in [7, 11) is 1.94. The number of nitrogens with zero attached hydrogens (tertiary/aromatic N) is 4. The highest BCUT2D eigenvalue weighted by atomic mass is 32.1. The van der Waals surface area contributed by atoms with Gasteiger partial charge in [-0.15, -0.1) is 17.9 Å². The number of rotatable bonds is 4. The predicted octanol–water partition coefficient (Wildman–Crippen LogP) is 1.62. The second-order valence-corrected chi connectivity index (χ2v) is 7.48. The van der Waals surface area contributed by atoms with Gasteiger partial charge in [-0.1, -0.05) is 6.08 Å². The average molecular weight is 357 g/mol. The molecular formula is C17H19N5O2S. The van der Waals surface area contributed by atoms with Crippen LogP contribution in [0.3, 0.4) is 0 Å². The van der Waals surface area contributed by atoms with Gasteiger partial charge in [0.1, 0.15) is 0 Å². The van der Waals surface area contributed by atoms with Gasteiger partial charge in [-0.25, -0.2) is 4.98 Å². The minimum atomic E-state index is -0.331. The number of aromatic nitrogens is 3. The van der Waals surface area contributed by atoms with Crippen molar-refractivity contribution >= 4 is 28.3 Å². The van der Waals surface area contributed by atoms with Gasteiger partial charge < -0.3 is 10.2 Å². The van der Waals surface area contributed by atoms with E-state index in [1.807, 2.05) is 17.9 Å². The van der Waals surface area contributed by atoms with Crippen LogP contribution in [0.5, 0.6) is 0 Å². The number of nitrogens with one attached hydrogen (secondary N) is 1. The SMILES string of the molecule is C=CCN1C[C@@H](C(=O)Nc2nc3c(s2)CCc2c-3cnn2C)CC1=O. The van der Waals surface area contributed by atoms with Gasteiger partial charge in [0.05, 0.1) is 17.8 Å². The summed E-state index contributed by atoms with van der Waals surface area (Å²) in [6, 6.07) is 0. The summed E-state index contributed by atoms with van der Waals surface area (Å²) in [5, 5.41) is 7.80. The second kappa shape index (κ2) is 6.11. The molecule has 1 fully saturated rings. The molecule has 1 atom stereocenters. The van der Waals surface area contributed by atoms with Crippen molar-refractivity contribution in [3.63, 3.8) is 0 Å². The first kappa shape index (κ1) is 16.0. The Balaban J connectivity index is 1.50. The van der Waals surface area contributed by atoms with Crippen LogP contribution in [0, 0.1) is 5.92 Å². The van der Waals surface area contributed by atoms with Crippen molar-refractivity contribution in [3.8, 4) is 11.3 Å². The molecule has 8 heteroatoms. The number of amides is 2. The van der Waals surface area contributed by atoms with Crippen molar-refractivity contribution in [2.75, 3.05) is 18.4 Å². The second-order valence-electron chi connectivity index (χ2n) is 6.40. The fraction of sp³-hybridized carbons (Fsp3) is 0.412. The minimum Gasteiger partial charge on any atom is -0.338 e. The minimum absolute atomic E-state index is 0.00140. The Morgan fingerprint density at radius 2 is 2.36 bits per heavy atom. The number of aryl methyl sites for hydroxylation is 2. The van der Waals surface area contributed by atoms with Gasteiger partial charge in [0, 0.05) is 42.7 Å². The third kappa shape index (κ3) is 2.76. The summed E-state index contributed by atoms with van der Waals surface area (Å²) in [6.45, 7) is 4.57. The maximum Gasteiger partial charge on any atom is 0.231 e. The zero-order valence-electron chi connectivity index (χ0n) is 14.0. The average Bonchev–Trinajstić information content (AvgIpc) is 3.25. The fourth-order valence-corrected chi connectivity index (χ4v) is 4.44. The van der Waals surface area contributed by atoms with Gasteiger partial charge in [0.2, 0.25) is 11.8 Å². The Kier molecular flexibility index (Phi) is 3.91. The lowest BCUT2D eigenvalue weighted by Gasteiger charge is -2.13. The number of thiazole rings is 1. The maximum absolute atomic E-state index is 12.5. The molecule has 0 saturated carbocycles. The highest BCUT2D eigenvalue weighted by Crippen LogP contribution is 2.38. The van der Waals surface area contributed by atoms with Crippen molar-refractivity contribution < 1.29 is 9.59 Å².